The fourth-order valence-corrected chi connectivity index (χ4v) is 0.974. The molecule has 0 aliphatic rings. The number of rotatable bonds is 4. The zero-order valence-electron chi connectivity index (χ0n) is 8.47. The van der Waals surface area contributed by atoms with Gasteiger partial charge in [-0.2, -0.15) is 13.2 Å². The monoisotopic (exact) mass is 238 g/mol. The van der Waals surface area contributed by atoms with Gasteiger partial charge in [-0.15, -0.1) is 0 Å². The highest BCUT2D eigenvalue weighted by atomic mass is 19.4. The van der Waals surface area contributed by atoms with Crippen LogP contribution in [0, 0.1) is 12.7 Å². The first-order valence-corrected chi connectivity index (χ1v) is 4.42. The van der Waals surface area contributed by atoms with Crippen molar-refractivity contribution in [2.24, 2.45) is 0 Å². The maximum Gasteiger partial charge on any atom is 0.411 e. The van der Waals surface area contributed by atoms with E-state index in [-0.39, 0.29) is 5.75 Å². The molecule has 90 valence electrons. The van der Waals surface area contributed by atoms with Gasteiger partial charge in [-0.1, -0.05) is 0 Å². The lowest BCUT2D eigenvalue weighted by Gasteiger charge is -2.09. The Morgan fingerprint density at radius 3 is 2.50 bits per heavy atom. The number of aryl methyl sites for hydroxylation is 1. The van der Waals surface area contributed by atoms with Gasteiger partial charge in [-0.05, 0) is 30.7 Å². The maximum atomic E-state index is 12.8. The number of halogens is 4. The van der Waals surface area contributed by atoms with Crippen LogP contribution in [0.2, 0.25) is 0 Å². The van der Waals surface area contributed by atoms with Gasteiger partial charge >= 0.3 is 6.18 Å². The summed E-state index contributed by atoms with van der Waals surface area (Å²) < 4.78 is 56.9. The average Bonchev–Trinajstić information content (AvgIpc) is 2.17. The predicted octanol–water partition coefficient (Wildman–Crippen LogP) is 3.05. The van der Waals surface area contributed by atoms with Crippen molar-refractivity contribution in [2.75, 3.05) is 13.4 Å². The smallest absolute Gasteiger partial charge is 0.411 e. The summed E-state index contributed by atoms with van der Waals surface area (Å²) in [6.07, 6.45) is -4.37. The number of hydrogen-bond donors (Lipinski definition) is 0. The summed E-state index contributed by atoms with van der Waals surface area (Å²) in [6, 6.07) is 3.87. The molecule has 0 fully saturated rings. The third kappa shape index (κ3) is 4.48. The van der Waals surface area contributed by atoms with Gasteiger partial charge < -0.3 is 9.47 Å². The SMILES string of the molecule is Cc1cc(OCOCC(F)(F)F)ccc1F. The van der Waals surface area contributed by atoms with Gasteiger partial charge in [0.15, 0.2) is 6.79 Å². The van der Waals surface area contributed by atoms with Gasteiger partial charge in [0.1, 0.15) is 18.2 Å². The van der Waals surface area contributed by atoms with E-state index in [9.17, 15) is 17.6 Å². The Kier molecular flexibility index (Phi) is 4.12. The van der Waals surface area contributed by atoms with E-state index in [0.717, 1.165) is 0 Å². The molecule has 0 unspecified atom stereocenters. The summed E-state index contributed by atoms with van der Waals surface area (Å²) >= 11 is 0. The third-order valence-corrected chi connectivity index (χ3v) is 1.70. The second-order valence-electron chi connectivity index (χ2n) is 3.14. The van der Waals surface area contributed by atoms with Crippen LogP contribution in [0.1, 0.15) is 5.56 Å². The molecule has 0 heterocycles. The molecule has 2 nitrogen and oxygen atoms in total. The number of alkyl halides is 3. The van der Waals surface area contributed by atoms with Crippen LogP contribution in [0.5, 0.6) is 5.75 Å². The molecule has 0 atom stereocenters. The largest absolute Gasteiger partial charge is 0.468 e. The highest BCUT2D eigenvalue weighted by Crippen LogP contribution is 2.17. The second kappa shape index (κ2) is 5.16. The summed E-state index contributed by atoms with van der Waals surface area (Å²) in [7, 11) is 0. The molecule has 0 aromatic heterocycles. The number of hydrogen-bond acceptors (Lipinski definition) is 2. The minimum absolute atomic E-state index is 0.265. The molecule has 16 heavy (non-hydrogen) atoms. The first-order chi connectivity index (χ1) is 7.38. The molecule has 6 heteroatoms. The minimum atomic E-state index is -4.37. The van der Waals surface area contributed by atoms with Crippen molar-refractivity contribution in [2.45, 2.75) is 13.1 Å². The van der Waals surface area contributed by atoms with Gasteiger partial charge in [-0.3, -0.25) is 0 Å². The summed E-state index contributed by atoms with van der Waals surface area (Å²) in [5, 5.41) is 0. The van der Waals surface area contributed by atoms with Crippen LogP contribution in [0.4, 0.5) is 17.6 Å². The van der Waals surface area contributed by atoms with Crippen molar-refractivity contribution in [1.82, 2.24) is 0 Å². The van der Waals surface area contributed by atoms with Crippen LogP contribution in [0.25, 0.3) is 0 Å². The minimum Gasteiger partial charge on any atom is -0.468 e. The first-order valence-electron chi connectivity index (χ1n) is 4.42. The third-order valence-electron chi connectivity index (χ3n) is 1.70. The summed E-state index contributed by atoms with van der Waals surface area (Å²) in [6.45, 7) is -0.365. The molecule has 0 saturated carbocycles. The van der Waals surface area contributed by atoms with Crippen LogP contribution in [-0.4, -0.2) is 19.6 Å². The molecule has 1 rings (SSSR count). The second-order valence-corrected chi connectivity index (χ2v) is 3.14. The standard InChI is InChI=1S/C10H10F4O2/c1-7-4-8(2-3-9(7)11)16-6-15-5-10(12,13)14/h2-4H,5-6H2,1H3. The number of benzene rings is 1. The molecule has 0 radical (unpaired) electrons. The van der Waals surface area contributed by atoms with Gasteiger partial charge in [0.05, 0.1) is 0 Å². The molecular formula is C10H10F4O2. The molecule has 0 spiro atoms. The Balaban J connectivity index is 2.35. The van der Waals surface area contributed by atoms with E-state index in [0.29, 0.717) is 5.56 Å². The molecule has 0 aliphatic carbocycles. The van der Waals surface area contributed by atoms with Crippen LogP contribution in [0.15, 0.2) is 18.2 Å². The zero-order chi connectivity index (χ0) is 12.2. The normalized spacial score (nSPS) is 11.6. The number of ether oxygens (including phenoxy) is 2. The van der Waals surface area contributed by atoms with Gasteiger partial charge in [0.2, 0.25) is 0 Å². The fraction of sp³-hybridized carbons (Fsp3) is 0.400. The first kappa shape index (κ1) is 12.8. The van der Waals surface area contributed by atoms with Crippen LogP contribution < -0.4 is 4.74 Å². The molecule has 0 aliphatic heterocycles. The van der Waals surface area contributed by atoms with Crippen molar-refractivity contribution in [1.29, 1.82) is 0 Å². The van der Waals surface area contributed by atoms with E-state index in [4.69, 9.17) is 4.74 Å². The average molecular weight is 238 g/mol. The van der Waals surface area contributed by atoms with Gasteiger partial charge in [0, 0.05) is 0 Å². The Morgan fingerprint density at radius 2 is 1.94 bits per heavy atom. The zero-order valence-corrected chi connectivity index (χ0v) is 8.47. The highest BCUT2D eigenvalue weighted by Gasteiger charge is 2.27. The molecule has 0 bridgehead atoms. The summed E-state index contributed by atoms with van der Waals surface area (Å²) in [4.78, 5) is 0. The van der Waals surface area contributed by atoms with E-state index in [2.05, 4.69) is 4.74 Å². The van der Waals surface area contributed by atoms with Crippen LogP contribution in [-0.2, 0) is 4.74 Å². The molecule has 1 aromatic rings. The molecule has 0 N–H and O–H groups in total. The van der Waals surface area contributed by atoms with Gasteiger partial charge in [-0.25, -0.2) is 4.39 Å². The Morgan fingerprint density at radius 1 is 1.25 bits per heavy atom. The maximum absolute atomic E-state index is 12.8. The van der Waals surface area contributed by atoms with Crippen LogP contribution >= 0.6 is 0 Å². The van der Waals surface area contributed by atoms with E-state index in [1.807, 2.05) is 0 Å². The fourth-order valence-electron chi connectivity index (χ4n) is 0.974. The lowest BCUT2D eigenvalue weighted by atomic mass is 10.2. The van der Waals surface area contributed by atoms with Crippen molar-refractivity contribution in [3.8, 4) is 5.75 Å². The lowest BCUT2D eigenvalue weighted by molar-refractivity contribution is -0.186. The van der Waals surface area contributed by atoms with E-state index in [1.54, 1.807) is 0 Å². The topological polar surface area (TPSA) is 18.5 Å². The molecule has 0 amide bonds. The lowest BCUT2D eigenvalue weighted by Crippen LogP contribution is -2.19. The highest BCUT2D eigenvalue weighted by molar-refractivity contribution is 5.28. The van der Waals surface area contributed by atoms with E-state index < -0.39 is 25.4 Å². The predicted molar refractivity (Wildman–Crippen MR) is 48.6 cm³/mol. The van der Waals surface area contributed by atoms with Gasteiger partial charge in [0.25, 0.3) is 0 Å². The summed E-state index contributed by atoms with van der Waals surface area (Å²) in [5.74, 6) is -0.135. The van der Waals surface area contributed by atoms with Crippen molar-refractivity contribution < 1.29 is 27.0 Å². The van der Waals surface area contributed by atoms with E-state index in [1.165, 1.54) is 25.1 Å². The van der Waals surface area contributed by atoms with E-state index >= 15 is 0 Å². The summed E-state index contributed by atoms with van der Waals surface area (Å²) in [5.41, 5.74) is 0.355. The van der Waals surface area contributed by atoms with Crippen molar-refractivity contribution in [3.63, 3.8) is 0 Å². The molecular weight excluding hydrogens is 228 g/mol. The Hall–Kier alpha value is -1.30. The molecule has 0 saturated heterocycles. The van der Waals surface area contributed by atoms with Crippen LogP contribution in [0.3, 0.4) is 0 Å². The van der Waals surface area contributed by atoms with Crippen molar-refractivity contribution >= 4 is 0 Å². The molecule has 1 aromatic carbocycles. The van der Waals surface area contributed by atoms with Crippen molar-refractivity contribution in [3.05, 3.63) is 29.6 Å². The quantitative estimate of drug-likeness (QED) is 0.456. The Labute approximate surface area is 89.8 Å². The Bertz CT molecular complexity index is 349.